The first kappa shape index (κ1) is 22.1. The molecule has 0 aliphatic rings. The Labute approximate surface area is 157 Å². The molecule has 0 radical (unpaired) electrons. The maximum atomic E-state index is 2.26. The van der Waals surface area contributed by atoms with Crippen molar-refractivity contribution in [2.24, 2.45) is 0 Å². The Kier molecular flexibility index (Phi) is 10.7. The van der Waals surface area contributed by atoms with Crippen molar-refractivity contribution >= 4 is 10.8 Å². The van der Waals surface area contributed by atoms with Crippen LogP contribution in [-0.2, 0) is 26.2 Å². The second kappa shape index (κ2) is 9.69. The predicted molar refractivity (Wildman–Crippen MR) is 69.7 cm³/mol. The van der Waals surface area contributed by atoms with E-state index in [1.807, 2.05) is 0 Å². The first-order valence-electron chi connectivity index (χ1n) is 5.56. The van der Waals surface area contributed by atoms with Crippen molar-refractivity contribution in [3.8, 4) is 11.1 Å². The molecule has 3 aromatic carbocycles. The molecule has 102 valence electrons. The second-order valence-corrected chi connectivity index (χ2v) is 4.21. The van der Waals surface area contributed by atoms with Crippen LogP contribution in [0, 0.1) is 6.92 Å². The van der Waals surface area contributed by atoms with Gasteiger partial charge >= 0.3 is 26.2 Å². The smallest absolute Gasteiger partial charge is 1.00 e. The van der Waals surface area contributed by atoms with Crippen molar-refractivity contribution in [1.29, 1.82) is 0 Å². The molecular weight excluding hydrogens is 390 g/mol. The average Bonchev–Trinajstić information content (AvgIpc) is 2.70. The molecule has 0 unspecified atom stereocenters. The van der Waals surface area contributed by atoms with Crippen LogP contribution < -0.4 is 37.2 Å². The normalized spacial score (nSPS) is 8.65. The molecule has 0 fully saturated rings. The van der Waals surface area contributed by atoms with Crippen molar-refractivity contribution < 1.29 is 63.4 Å². The van der Waals surface area contributed by atoms with E-state index in [-0.39, 0.29) is 63.4 Å². The van der Waals surface area contributed by atoms with Crippen molar-refractivity contribution in [2.45, 2.75) is 6.92 Å². The third-order valence-electron chi connectivity index (χ3n) is 2.98. The van der Waals surface area contributed by atoms with Crippen molar-refractivity contribution in [1.82, 2.24) is 0 Å². The summed E-state index contributed by atoms with van der Waals surface area (Å²) in [6.07, 6.45) is 0. The van der Waals surface area contributed by atoms with Crippen LogP contribution in [0.5, 0.6) is 0 Å². The van der Waals surface area contributed by atoms with Gasteiger partial charge in [0.25, 0.3) is 0 Å². The van der Waals surface area contributed by atoms with Gasteiger partial charge in [-0.1, -0.05) is 48.9 Å². The molecule has 0 amide bonds. The Morgan fingerprint density at radius 1 is 0.800 bits per heavy atom. The van der Waals surface area contributed by atoms with Gasteiger partial charge in [-0.2, -0.15) is 6.07 Å². The number of halogens is 3. The number of fused-ring (bicyclic) bond motifs is 1. The SMILES string of the molecule is Cc1cc2c(-c3ccccc3)cccc2[cH-]1.[Cl-].[Cl-].[Cl-].[Zr+4]. The summed E-state index contributed by atoms with van der Waals surface area (Å²) >= 11 is 0. The van der Waals surface area contributed by atoms with Crippen LogP contribution in [0.4, 0.5) is 0 Å². The van der Waals surface area contributed by atoms with E-state index in [1.54, 1.807) is 0 Å². The standard InChI is InChI=1S/C16H13.3ClH.Zr/c1-12-10-14-8-5-9-15(16(14)11-12)13-6-3-2-4-7-13;;;;/h2-11H,1H3;3*1H;/q-1;;;;+4/p-3. The fraction of sp³-hybridized carbons (Fsp3) is 0.0625. The fourth-order valence-electron chi connectivity index (χ4n) is 2.25. The van der Waals surface area contributed by atoms with E-state index in [1.165, 1.54) is 27.5 Å². The molecule has 3 rings (SSSR count). The topological polar surface area (TPSA) is 0 Å². The number of hydrogen-bond acceptors (Lipinski definition) is 0. The van der Waals surface area contributed by atoms with Gasteiger partial charge in [0.1, 0.15) is 0 Å². The van der Waals surface area contributed by atoms with E-state index >= 15 is 0 Å². The third-order valence-corrected chi connectivity index (χ3v) is 2.98. The van der Waals surface area contributed by atoms with Crippen LogP contribution >= 0.6 is 0 Å². The number of benzene rings is 2. The summed E-state index contributed by atoms with van der Waals surface area (Å²) in [6, 6.07) is 21.6. The first-order chi connectivity index (χ1) is 7.84. The van der Waals surface area contributed by atoms with E-state index in [9.17, 15) is 0 Å². The van der Waals surface area contributed by atoms with E-state index in [0.717, 1.165) is 0 Å². The van der Waals surface area contributed by atoms with Gasteiger partial charge in [0.2, 0.25) is 0 Å². The molecule has 0 bridgehead atoms. The largest absolute Gasteiger partial charge is 4.00 e. The Balaban J connectivity index is 0. The van der Waals surface area contributed by atoms with Crippen LogP contribution in [0.15, 0.2) is 60.7 Å². The van der Waals surface area contributed by atoms with E-state index in [0.29, 0.717) is 0 Å². The molecule has 0 spiro atoms. The zero-order valence-corrected chi connectivity index (χ0v) is 15.6. The second-order valence-electron chi connectivity index (χ2n) is 4.21. The summed E-state index contributed by atoms with van der Waals surface area (Å²) in [7, 11) is 0. The average molecular weight is 403 g/mol. The maximum Gasteiger partial charge on any atom is 4.00 e. The van der Waals surface area contributed by atoms with Gasteiger partial charge in [-0.25, -0.2) is 0 Å². The van der Waals surface area contributed by atoms with Crippen molar-refractivity contribution in [3.63, 3.8) is 0 Å². The summed E-state index contributed by atoms with van der Waals surface area (Å²) < 4.78 is 0. The molecule has 4 heteroatoms. The van der Waals surface area contributed by atoms with Crippen LogP contribution in [0.2, 0.25) is 0 Å². The van der Waals surface area contributed by atoms with Crippen molar-refractivity contribution in [3.05, 3.63) is 66.2 Å². The Hall–Kier alpha value is -0.197. The van der Waals surface area contributed by atoms with Gasteiger partial charge in [-0.05, 0) is 5.56 Å². The minimum absolute atomic E-state index is 0. The molecule has 0 aliphatic heterocycles. The summed E-state index contributed by atoms with van der Waals surface area (Å²) in [5, 5.41) is 2.69. The molecule has 20 heavy (non-hydrogen) atoms. The monoisotopic (exact) mass is 400 g/mol. The molecule has 0 heterocycles. The predicted octanol–water partition coefficient (Wildman–Crippen LogP) is -4.46. The van der Waals surface area contributed by atoms with Gasteiger partial charge in [-0.3, -0.25) is 0 Å². The summed E-state index contributed by atoms with van der Waals surface area (Å²) in [5.74, 6) is 0. The molecule has 0 aliphatic carbocycles. The number of aryl methyl sites for hydroxylation is 1. The quantitative estimate of drug-likeness (QED) is 0.360. The molecular formula is C16H13Cl3Zr. The first-order valence-corrected chi connectivity index (χ1v) is 5.56. The molecule has 0 atom stereocenters. The molecule has 0 saturated heterocycles. The van der Waals surface area contributed by atoms with Crippen LogP contribution in [0.25, 0.3) is 21.9 Å². The van der Waals surface area contributed by atoms with Crippen LogP contribution in [0.3, 0.4) is 0 Å². The van der Waals surface area contributed by atoms with Crippen LogP contribution in [0.1, 0.15) is 5.56 Å². The van der Waals surface area contributed by atoms with Gasteiger partial charge in [0, 0.05) is 0 Å². The zero-order valence-electron chi connectivity index (χ0n) is 10.9. The van der Waals surface area contributed by atoms with Gasteiger partial charge in [-0.15, -0.1) is 34.5 Å². The Morgan fingerprint density at radius 3 is 2.10 bits per heavy atom. The van der Waals surface area contributed by atoms with Gasteiger partial charge in [0.05, 0.1) is 0 Å². The van der Waals surface area contributed by atoms with Crippen molar-refractivity contribution in [2.75, 3.05) is 0 Å². The Morgan fingerprint density at radius 2 is 1.45 bits per heavy atom. The number of hydrogen-bond donors (Lipinski definition) is 0. The maximum absolute atomic E-state index is 2.26. The third kappa shape index (κ3) is 4.40. The summed E-state index contributed by atoms with van der Waals surface area (Å²) in [4.78, 5) is 0. The van der Waals surface area contributed by atoms with Gasteiger partial charge in [0.15, 0.2) is 0 Å². The van der Waals surface area contributed by atoms with E-state index < -0.39 is 0 Å². The van der Waals surface area contributed by atoms with E-state index in [2.05, 4.69) is 67.6 Å². The molecule has 0 N–H and O–H groups in total. The van der Waals surface area contributed by atoms with Gasteiger partial charge < -0.3 is 37.2 Å². The minimum atomic E-state index is 0. The molecule has 0 aromatic heterocycles. The molecule has 3 aromatic rings. The molecule has 0 nitrogen and oxygen atoms in total. The Bertz CT molecular complexity index is 633. The van der Waals surface area contributed by atoms with Crippen LogP contribution in [-0.4, -0.2) is 0 Å². The summed E-state index contributed by atoms with van der Waals surface area (Å²) in [6.45, 7) is 2.15. The number of rotatable bonds is 1. The zero-order chi connectivity index (χ0) is 11.0. The van der Waals surface area contributed by atoms with E-state index in [4.69, 9.17) is 0 Å². The minimum Gasteiger partial charge on any atom is -1.00 e. The fourth-order valence-corrected chi connectivity index (χ4v) is 2.25. The molecule has 0 saturated carbocycles. The summed E-state index contributed by atoms with van der Waals surface area (Å²) in [5.41, 5.74) is 3.95.